The minimum Gasteiger partial charge on any atom is -0.313 e. The van der Waals surface area contributed by atoms with Crippen molar-refractivity contribution in [2.75, 3.05) is 18.5 Å². The molecule has 0 atom stereocenters. The van der Waals surface area contributed by atoms with Crippen molar-refractivity contribution in [3.05, 3.63) is 64.2 Å². The third-order valence-electron chi connectivity index (χ3n) is 3.46. The van der Waals surface area contributed by atoms with E-state index in [1.807, 2.05) is 0 Å². The Hall–Kier alpha value is -2.27. The summed E-state index contributed by atoms with van der Waals surface area (Å²) in [5.41, 5.74) is 1.76. The van der Waals surface area contributed by atoms with E-state index in [1.165, 1.54) is 17.0 Å². The van der Waals surface area contributed by atoms with E-state index in [-0.39, 0.29) is 18.0 Å². The lowest BCUT2D eigenvalue weighted by atomic mass is 10.00. The Balaban J connectivity index is 2.25. The number of carbonyl (C=O) groups excluding carboxylic acids is 1. The highest BCUT2D eigenvalue weighted by Crippen LogP contribution is 2.29. The zero-order chi connectivity index (χ0) is 15.9. The molecule has 0 aliphatic carbocycles. The molecule has 0 unspecified atom stereocenters. The molecule has 22 heavy (non-hydrogen) atoms. The van der Waals surface area contributed by atoms with Crippen molar-refractivity contribution in [1.29, 1.82) is 0 Å². The standard InChI is InChI=1S/C16H11ClF2N2O/c1-21-14-3-2-10(17)6-13(14)16(20-8-15(21)22)9-4-11(18)7-12(19)5-9/h2-7H,8H2,1H3. The van der Waals surface area contributed by atoms with Gasteiger partial charge >= 0.3 is 0 Å². The summed E-state index contributed by atoms with van der Waals surface area (Å²) in [7, 11) is 1.62. The van der Waals surface area contributed by atoms with Crippen LogP contribution in [0.5, 0.6) is 0 Å². The summed E-state index contributed by atoms with van der Waals surface area (Å²) >= 11 is 6.02. The first kappa shape index (κ1) is 14.7. The van der Waals surface area contributed by atoms with E-state index in [0.29, 0.717) is 22.0 Å². The van der Waals surface area contributed by atoms with Gasteiger partial charge in [0.25, 0.3) is 0 Å². The van der Waals surface area contributed by atoms with E-state index >= 15 is 0 Å². The summed E-state index contributed by atoms with van der Waals surface area (Å²) in [6.45, 7) is -0.101. The number of nitrogens with zero attached hydrogens (tertiary/aromatic N) is 2. The zero-order valence-electron chi connectivity index (χ0n) is 11.6. The topological polar surface area (TPSA) is 32.7 Å². The third-order valence-corrected chi connectivity index (χ3v) is 3.69. The molecule has 2 aromatic carbocycles. The first-order chi connectivity index (χ1) is 10.5. The lowest BCUT2D eigenvalue weighted by molar-refractivity contribution is -0.116. The monoisotopic (exact) mass is 320 g/mol. The van der Waals surface area contributed by atoms with Gasteiger partial charge in [-0.05, 0) is 30.3 Å². The molecule has 3 rings (SSSR count). The molecular weight excluding hydrogens is 310 g/mol. The van der Waals surface area contributed by atoms with Gasteiger partial charge in [-0.3, -0.25) is 9.79 Å². The highest BCUT2D eigenvalue weighted by atomic mass is 35.5. The van der Waals surface area contributed by atoms with Crippen molar-refractivity contribution in [3.63, 3.8) is 0 Å². The second-order valence-electron chi connectivity index (χ2n) is 4.94. The molecule has 0 spiro atoms. The Kier molecular flexibility index (Phi) is 3.66. The van der Waals surface area contributed by atoms with Crippen LogP contribution in [-0.2, 0) is 4.79 Å². The molecule has 112 valence electrons. The normalized spacial score (nSPS) is 14.5. The summed E-state index contributed by atoms with van der Waals surface area (Å²) in [5, 5.41) is 0.450. The van der Waals surface area contributed by atoms with Crippen molar-refractivity contribution in [2.24, 2.45) is 4.99 Å². The van der Waals surface area contributed by atoms with Crippen LogP contribution in [0.1, 0.15) is 11.1 Å². The van der Waals surface area contributed by atoms with Crippen LogP contribution < -0.4 is 4.90 Å². The van der Waals surface area contributed by atoms with Crippen LogP contribution in [0.25, 0.3) is 0 Å². The maximum absolute atomic E-state index is 13.5. The molecule has 3 nitrogen and oxygen atoms in total. The molecule has 1 amide bonds. The van der Waals surface area contributed by atoms with Gasteiger partial charge in [-0.2, -0.15) is 0 Å². The van der Waals surface area contributed by atoms with Crippen molar-refractivity contribution in [3.8, 4) is 0 Å². The quantitative estimate of drug-likeness (QED) is 0.792. The average Bonchev–Trinajstić information content (AvgIpc) is 2.56. The number of benzene rings is 2. The van der Waals surface area contributed by atoms with Gasteiger partial charge in [0.05, 0.1) is 11.4 Å². The third kappa shape index (κ3) is 2.60. The van der Waals surface area contributed by atoms with Crippen molar-refractivity contribution in [1.82, 2.24) is 0 Å². The lowest BCUT2D eigenvalue weighted by Crippen LogP contribution is -2.27. The van der Waals surface area contributed by atoms with Gasteiger partial charge in [0.2, 0.25) is 5.91 Å². The number of hydrogen-bond donors (Lipinski definition) is 0. The van der Waals surface area contributed by atoms with Gasteiger partial charge < -0.3 is 4.90 Å². The van der Waals surface area contributed by atoms with Crippen LogP contribution in [-0.4, -0.2) is 25.2 Å². The minimum absolute atomic E-state index is 0.101. The minimum atomic E-state index is -0.704. The van der Waals surface area contributed by atoms with E-state index in [2.05, 4.69) is 4.99 Å². The second-order valence-corrected chi connectivity index (χ2v) is 5.37. The fraction of sp³-hybridized carbons (Fsp3) is 0.125. The van der Waals surface area contributed by atoms with E-state index in [4.69, 9.17) is 11.6 Å². The Labute approximate surface area is 130 Å². The molecule has 0 bridgehead atoms. The second kappa shape index (κ2) is 5.50. The van der Waals surface area contributed by atoms with Crippen LogP contribution in [0.3, 0.4) is 0 Å². The number of hydrogen-bond acceptors (Lipinski definition) is 2. The summed E-state index contributed by atoms with van der Waals surface area (Å²) in [4.78, 5) is 17.7. The fourth-order valence-electron chi connectivity index (χ4n) is 2.40. The SMILES string of the molecule is CN1C(=O)CN=C(c2cc(F)cc(F)c2)c2cc(Cl)ccc21. The van der Waals surface area contributed by atoms with Crippen molar-refractivity contribution < 1.29 is 13.6 Å². The van der Waals surface area contributed by atoms with Crippen molar-refractivity contribution >= 4 is 28.9 Å². The summed E-state index contributed by atoms with van der Waals surface area (Å²) in [6.07, 6.45) is 0. The summed E-state index contributed by atoms with van der Waals surface area (Å²) < 4.78 is 27.0. The first-order valence-corrected chi connectivity index (χ1v) is 6.91. The maximum atomic E-state index is 13.5. The average molecular weight is 321 g/mol. The summed E-state index contributed by atoms with van der Waals surface area (Å²) in [6, 6.07) is 8.13. The van der Waals surface area contributed by atoms with E-state index < -0.39 is 11.6 Å². The van der Waals surface area contributed by atoms with Crippen LogP contribution >= 0.6 is 11.6 Å². The number of likely N-dealkylation sites (N-methyl/N-ethyl adjacent to an activating group) is 1. The number of amides is 1. The van der Waals surface area contributed by atoms with Crippen LogP contribution in [0.2, 0.25) is 5.02 Å². The smallest absolute Gasteiger partial charge is 0.248 e. The number of halogens is 3. The number of carbonyl (C=O) groups is 1. The summed E-state index contributed by atoms with van der Waals surface area (Å²) in [5.74, 6) is -1.62. The van der Waals surface area contributed by atoms with Gasteiger partial charge in [0.1, 0.15) is 18.2 Å². The molecule has 0 fully saturated rings. The molecule has 0 N–H and O–H groups in total. The van der Waals surface area contributed by atoms with Gasteiger partial charge in [0.15, 0.2) is 0 Å². The first-order valence-electron chi connectivity index (χ1n) is 6.53. The van der Waals surface area contributed by atoms with Crippen molar-refractivity contribution in [2.45, 2.75) is 0 Å². The zero-order valence-corrected chi connectivity index (χ0v) is 12.4. The molecule has 1 aliphatic heterocycles. The highest BCUT2D eigenvalue weighted by molar-refractivity contribution is 6.32. The Morgan fingerprint density at radius 3 is 2.50 bits per heavy atom. The molecule has 1 aliphatic rings. The highest BCUT2D eigenvalue weighted by Gasteiger charge is 2.23. The number of anilines is 1. The maximum Gasteiger partial charge on any atom is 0.248 e. The number of rotatable bonds is 1. The Morgan fingerprint density at radius 1 is 1.14 bits per heavy atom. The largest absolute Gasteiger partial charge is 0.313 e. The Morgan fingerprint density at radius 2 is 1.82 bits per heavy atom. The molecule has 6 heteroatoms. The molecule has 2 aromatic rings. The predicted molar refractivity (Wildman–Crippen MR) is 81.7 cm³/mol. The van der Waals surface area contributed by atoms with Crippen LogP contribution in [0.4, 0.5) is 14.5 Å². The molecular formula is C16H11ClF2N2O. The van der Waals surface area contributed by atoms with Gasteiger partial charge in [-0.25, -0.2) is 8.78 Å². The van der Waals surface area contributed by atoms with E-state index in [9.17, 15) is 13.6 Å². The van der Waals surface area contributed by atoms with Gasteiger partial charge in [0, 0.05) is 29.3 Å². The number of fused-ring (bicyclic) bond motifs is 1. The van der Waals surface area contributed by atoms with Gasteiger partial charge in [-0.15, -0.1) is 0 Å². The van der Waals surface area contributed by atoms with Gasteiger partial charge in [-0.1, -0.05) is 11.6 Å². The molecule has 0 radical (unpaired) electrons. The Bertz CT molecular complexity index is 784. The predicted octanol–water partition coefficient (Wildman–Crippen LogP) is 3.43. The molecule has 0 saturated heterocycles. The molecule has 0 aromatic heterocycles. The molecule has 1 heterocycles. The fourth-order valence-corrected chi connectivity index (χ4v) is 2.57. The number of benzodiazepines with no additional fused rings is 1. The van der Waals surface area contributed by atoms with E-state index in [1.54, 1.807) is 25.2 Å². The van der Waals surface area contributed by atoms with Crippen LogP contribution in [0.15, 0.2) is 41.4 Å². The lowest BCUT2D eigenvalue weighted by Gasteiger charge is -2.18. The number of aliphatic imine (C=N–C) groups is 1. The van der Waals surface area contributed by atoms with Crippen LogP contribution in [0, 0.1) is 11.6 Å². The molecule has 0 saturated carbocycles. The van der Waals surface area contributed by atoms with E-state index in [0.717, 1.165) is 6.07 Å².